The molecule has 1 aromatic heterocycles. The average Bonchev–Trinajstić information content (AvgIpc) is 3.26. The molecule has 4 unspecified atom stereocenters. The second-order valence-corrected chi connectivity index (χ2v) is 9.43. The summed E-state index contributed by atoms with van der Waals surface area (Å²) in [7, 11) is 0. The van der Waals surface area contributed by atoms with Crippen molar-refractivity contribution in [2.24, 2.45) is 11.7 Å². The van der Waals surface area contributed by atoms with Crippen LogP contribution in [0.2, 0.25) is 0 Å². The number of H-pyrrole nitrogens is 1. The van der Waals surface area contributed by atoms with Gasteiger partial charge in [-0.25, -0.2) is 4.79 Å². The Kier molecular flexibility index (Phi) is 11.1. The lowest BCUT2D eigenvalue weighted by atomic mass is 9.97. The molecule has 35 heavy (non-hydrogen) atoms. The summed E-state index contributed by atoms with van der Waals surface area (Å²) in [6, 6.07) is 4.51. The maximum Gasteiger partial charge on any atom is 0.326 e. The van der Waals surface area contributed by atoms with Gasteiger partial charge >= 0.3 is 5.97 Å². The van der Waals surface area contributed by atoms with Crippen molar-refractivity contribution in [2.75, 3.05) is 18.6 Å². The summed E-state index contributed by atoms with van der Waals surface area (Å²) in [5.74, 6) is -2.37. The minimum absolute atomic E-state index is 0.0797. The van der Waals surface area contributed by atoms with Gasteiger partial charge in [0.2, 0.25) is 17.7 Å². The van der Waals surface area contributed by atoms with Gasteiger partial charge in [0.05, 0.1) is 6.54 Å². The smallest absolute Gasteiger partial charge is 0.326 e. The number of carboxylic acids is 1. The number of aromatic amines is 1. The van der Waals surface area contributed by atoms with Crippen LogP contribution in [0.1, 0.15) is 32.3 Å². The number of thioether (sulfide) groups is 1. The maximum absolute atomic E-state index is 13.1. The summed E-state index contributed by atoms with van der Waals surface area (Å²) >= 11 is 1.50. The Labute approximate surface area is 209 Å². The monoisotopic (exact) mass is 505 g/mol. The number of hydrogen-bond acceptors (Lipinski definition) is 6. The fraction of sp³-hybridized carbons (Fsp3) is 0.500. The quantitative estimate of drug-likeness (QED) is 0.223. The Morgan fingerprint density at radius 1 is 1.09 bits per heavy atom. The van der Waals surface area contributed by atoms with Gasteiger partial charge in [0, 0.05) is 23.5 Å². The van der Waals surface area contributed by atoms with Crippen molar-refractivity contribution in [1.82, 2.24) is 20.9 Å². The highest BCUT2D eigenvalue weighted by atomic mass is 32.2. The third-order valence-corrected chi connectivity index (χ3v) is 6.60. The second kappa shape index (κ2) is 13.7. The number of hydrogen-bond donors (Lipinski definition) is 6. The molecule has 0 spiro atoms. The van der Waals surface area contributed by atoms with Gasteiger partial charge in [-0.2, -0.15) is 11.8 Å². The number of carboxylic acid groups (broad SMARTS) is 1. The highest BCUT2D eigenvalue weighted by Gasteiger charge is 2.31. The highest BCUT2D eigenvalue weighted by Crippen LogP contribution is 2.19. The lowest BCUT2D eigenvalue weighted by Crippen LogP contribution is -2.58. The number of fused-ring (bicyclic) bond motifs is 1. The van der Waals surface area contributed by atoms with E-state index in [4.69, 9.17) is 5.73 Å². The number of nitrogens with two attached hydrogens (primary N) is 1. The molecule has 7 N–H and O–H groups in total. The van der Waals surface area contributed by atoms with Gasteiger partial charge in [0.15, 0.2) is 0 Å². The van der Waals surface area contributed by atoms with E-state index in [-0.39, 0.29) is 18.9 Å². The Morgan fingerprint density at radius 2 is 1.77 bits per heavy atom. The third kappa shape index (κ3) is 8.00. The largest absolute Gasteiger partial charge is 0.480 e. The molecule has 0 radical (unpaired) electrons. The van der Waals surface area contributed by atoms with E-state index >= 15 is 0 Å². The van der Waals surface area contributed by atoms with Crippen LogP contribution in [0, 0.1) is 5.92 Å². The van der Waals surface area contributed by atoms with E-state index in [0.29, 0.717) is 18.6 Å². The number of carbonyl (C=O) groups is 4. The molecule has 192 valence electrons. The third-order valence-electron chi connectivity index (χ3n) is 5.95. The Balaban J connectivity index is 2.17. The zero-order valence-electron chi connectivity index (χ0n) is 20.3. The van der Waals surface area contributed by atoms with E-state index in [1.54, 1.807) is 6.20 Å². The molecule has 0 saturated heterocycles. The van der Waals surface area contributed by atoms with Crippen molar-refractivity contribution < 1.29 is 24.3 Å². The minimum Gasteiger partial charge on any atom is -0.480 e. The number of benzene rings is 1. The Hall–Kier alpha value is -3.05. The van der Waals surface area contributed by atoms with Crippen LogP contribution < -0.4 is 21.7 Å². The van der Waals surface area contributed by atoms with E-state index in [2.05, 4.69) is 20.9 Å². The van der Waals surface area contributed by atoms with Crippen molar-refractivity contribution in [2.45, 2.75) is 51.2 Å². The molecule has 3 amide bonds. The van der Waals surface area contributed by atoms with Gasteiger partial charge in [-0.3, -0.25) is 14.4 Å². The summed E-state index contributed by atoms with van der Waals surface area (Å²) in [5, 5.41) is 18.6. The normalized spacial score (nSPS) is 14.5. The standard InChI is InChI=1S/C24H35N5O5S/c1-4-14(2)21(29-20(30)12-25)23(32)27-18(9-10-35-3)22(31)28-19(24(33)34)11-15-13-26-17-8-6-5-7-16(15)17/h5-8,13-14,18-19,21,26H,4,9-12,25H2,1-3H3,(H,27,32)(H,28,31)(H,29,30)(H,33,34). The molecule has 10 nitrogen and oxygen atoms in total. The van der Waals surface area contributed by atoms with Crippen molar-refractivity contribution >= 4 is 46.4 Å². The zero-order chi connectivity index (χ0) is 26.0. The van der Waals surface area contributed by atoms with Gasteiger partial charge < -0.3 is 31.8 Å². The number of rotatable bonds is 14. The molecule has 1 aromatic carbocycles. The molecule has 2 rings (SSSR count). The molecule has 11 heteroatoms. The summed E-state index contributed by atoms with van der Waals surface area (Å²) in [5.41, 5.74) is 7.02. The van der Waals surface area contributed by atoms with E-state index < -0.39 is 41.8 Å². The fourth-order valence-corrected chi connectivity index (χ4v) is 4.16. The maximum atomic E-state index is 13.1. The molecule has 1 heterocycles. The minimum atomic E-state index is -1.18. The molecule has 0 aliphatic carbocycles. The zero-order valence-corrected chi connectivity index (χ0v) is 21.1. The van der Waals surface area contributed by atoms with Crippen LogP contribution in [0.15, 0.2) is 30.5 Å². The molecule has 0 bridgehead atoms. The van der Waals surface area contributed by atoms with Crippen molar-refractivity contribution in [3.63, 3.8) is 0 Å². The highest BCUT2D eigenvalue weighted by molar-refractivity contribution is 7.98. The molecular formula is C24H35N5O5S. The number of carbonyl (C=O) groups excluding carboxylic acids is 3. The Bertz CT molecular complexity index is 1030. The summed E-state index contributed by atoms with van der Waals surface area (Å²) in [6.45, 7) is 3.45. The summed E-state index contributed by atoms with van der Waals surface area (Å²) in [4.78, 5) is 53.1. The first kappa shape index (κ1) is 28.2. The lowest BCUT2D eigenvalue weighted by Gasteiger charge is -2.27. The van der Waals surface area contributed by atoms with Crippen LogP contribution in [0.3, 0.4) is 0 Å². The van der Waals surface area contributed by atoms with E-state index in [1.807, 2.05) is 44.4 Å². The molecule has 0 fully saturated rings. The number of aromatic nitrogens is 1. The van der Waals surface area contributed by atoms with Crippen molar-refractivity contribution in [3.05, 3.63) is 36.0 Å². The number of para-hydroxylation sites is 1. The van der Waals surface area contributed by atoms with Crippen LogP contribution >= 0.6 is 11.8 Å². The summed E-state index contributed by atoms with van der Waals surface area (Å²) in [6.07, 6.45) is 4.61. The molecule has 0 aliphatic rings. The molecular weight excluding hydrogens is 470 g/mol. The van der Waals surface area contributed by atoms with E-state index in [0.717, 1.165) is 16.5 Å². The van der Waals surface area contributed by atoms with E-state index in [9.17, 15) is 24.3 Å². The van der Waals surface area contributed by atoms with Crippen molar-refractivity contribution in [1.29, 1.82) is 0 Å². The second-order valence-electron chi connectivity index (χ2n) is 8.44. The van der Waals surface area contributed by atoms with Crippen LogP contribution in [-0.2, 0) is 25.6 Å². The van der Waals surface area contributed by atoms with Gasteiger partial charge in [-0.15, -0.1) is 0 Å². The van der Waals surface area contributed by atoms with Gasteiger partial charge in [0.1, 0.15) is 18.1 Å². The number of nitrogens with one attached hydrogen (secondary N) is 4. The molecule has 0 saturated carbocycles. The molecule has 0 aliphatic heterocycles. The average molecular weight is 506 g/mol. The Morgan fingerprint density at radius 3 is 2.40 bits per heavy atom. The van der Waals surface area contributed by atoms with Gasteiger partial charge in [-0.05, 0) is 36.0 Å². The lowest BCUT2D eigenvalue weighted by molar-refractivity contribution is -0.142. The predicted molar refractivity (Wildman–Crippen MR) is 137 cm³/mol. The van der Waals surface area contributed by atoms with Crippen LogP contribution in [0.4, 0.5) is 0 Å². The van der Waals surface area contributed by atoms with Crippen LogP contribution in [-0.4, -0.2) is 70.5 Å². The van der Waals surface area contributed by atoms with Gasteiger partial charge in [-0.1, -0.05) is 38.5 Å². The van der Waals surface area contributed by atoms with Gasteiger partial charge in [0.25, 0.3) is 0 Å². The SMILES string of the molecule is CCC(C)C(NC(=O)CN)C(=O)NC(CCSC)C(=O)NC(Cc1c[nH]c2ccccc12)C(=O)O. The van der Waals surface area contributed by atoms with E-state index in [1.165, 1.54) is 11.8 Å². The predicted octanol–water partition coefficient (Wildman–Crippen LogP) is 1.01. The van der Waals surface area contributed by atoms with Crippen LogP contribution in [0.25, 0.3) is 10.9 Å². The fourth-order valence-electron chi connectivity index (χ4n) is 3.69. The molecule has 4 atom stereocenters. The van der Waals surface area contributed by atoms with Crippen LogP contribution in [0.5, 0.6) is 0 Å². The number of amides is 3. The first-order chi connectivity index (χ1) is 16.7. The molecule has 2 aromatic rings. The number of aliphatic carboxylic acids is 1. The summed E-state index contributed by atoms with van der Waals surface area (Å²) < 4.78 is 0. The van der Waals surface area contributed by atoms with Crippen molar-refractivity contribution in [3.8, 4) is 0 Å². The topological polar surface area (TPSA) is 166 Å². The first-order valence-electron chi connectivity index (χ1n) is 11.6. The first-order valence-corrected chi connectivity index (χ1v) is 13.0.